The predicted octanol–water partition coefficient (Wildman–Crippen LogP) is 4.68. The van der Waals surface area contributed by atoms with Gasteiger partial charge in [-0.3, -0.25) is 14.6 Å². The second-order valence-electron chi connectivity index (χ2n) is 8.82. The first kappa shape index (κ1) is 24.4. The van der Waals surface area contributed by atoms with Crippen LogP contribution in [0.5, 0.6) is 5.75 Å². The van der Waals surface area contributed by atoms with Crippen LogP contribution in [-0.2, 0) is 35.4 Å². The van der Waals surface area contributed by atoms with Gasteiger partial charge in [0.15, 0.2) is 0 Å². The number of hydrogen-bond donors (Lipinski definition) is 1. The minimum absolute atomic E-state index is 0.00109. The number of nitrogens with zero attached hydrogens (tertiary/aromatic N) is 2. The van der Waals surface area contributed by atoms with Crippen molar-refractivity contribution in [2.75, 3.05) is 13.2 Å². The molecule has 1 amide bonds. The largest absolute Gasteiger partial charge is 0.493 e. The van der Waals surface area contributed by atoms with Crippen LogP contribution in [0.15, 0.2) is 54.7 Å². The third-order valence-corrected chi connectivity index (χ3v) is 6.32. The third-order valence-electron chi connectivity index (χ3n) is 6.32. The van der Waals surface area contributed by atoms with E-state index >= 15 is 0 Å². The molecule has 1 aromatic heterocycles. The Morgan fingerprint density at radius 2 is 1.97 bits per heavy atom. The van der Waals surface area contributed by atoms with Crippen molar-refractivity contribution in [3.63, 3.8) is 0 Å². The molecule has 0 bridgehead atoms. The van der Waals surface area contributed by atoms with Crippen molar-refractivity contribution >= 4 is 11.9 Å². The zero-order chi connectivity index (χ0) is 24.9. The number of benzene rings is 2. The maximum Gasteiger partial charge on any atom is 0.307 e. The molecule has 0 spiro atoms. The fourth-order valence-electron chi connectivity index (χ4n) is 4.66. The first-order valence-electron chi connectivity index (χ1n) is 11.8. The first-order chi connectivity index (χ1) is 16.9. The minimum atomic E-state index is -0.931. The first-order valence-corrected chi connectivity index (χ1v) is 11.8. The quantitative estimate of drug-likeness (QED) is 0.511. The SMILES string of the molecule is CCOc1ccc(CC(=O)O)cc1-c1ccc(F)c2c1CN(C(=O)C(C)Cc1ccccn1)CC2. The van der Waals surface area contributed by atoms with Gasteiger partial charge in [0.2, 0.25) is 5.91 Å². The van der Waals surface area contributed by atoms with Crippen molar-refractivity contribution in [3.8, 4) is 16.9 Å². The van der Waals surface area contributed by atoms with E-state index in [0.29, 0.717) is 48.4 Å². The number of aromatic nitrogens is 1. The summed E-state index contributed by atoms with van der Waals surface area (Å²) in [4.78, 5) is 30.7. The normalized spacial score (nSPS) is 13.7. The van der Waals surface area contributed by atoms with Crippen molar-refractivity contribution in [2.24, 2.45) is 5.92 Å². The molecule has 1 unspecified atom stereocenters. The fraction of sp³-hybridized carbons (Fsp3) is 0.321. The number of carbonyl (C=O) groups is 2. The predicted molar refractivity (Wildman–Crippen MR) is 131 cm³/mol. The summed E-state index contributed by atoms with van der Waals surface area (Å²) in [6, 6.07) is 14.1. The molecule has 3 aromatic rings. The highest BCUT2D eigenvalue weighted by molar-refractivity contribution is 5.81. The fourth-order valence-corrected chi connectivity index (χ4v) is 4.66. The number of amides is 1. The van der Waals surface area contributed by atoms with Crippen LogP contribution in [0.3, 0.4) is 0 Å². The Morgan fingerprint density at radius 3 is 2.69 bits per heavy atom. The number of aliphatic carboxylic acids is 1. The molecule has 1 aliphatic rings. The Kier molecular flexibility index (Phi) is 7.44. The summed E-state index contributed by atoms with van der Waals surface area (Å²) in [6.07, 6.45) is 2.53. The highest BCUT2D eigenvalue weighted by Crippen LogP contribution is 2.38. The van der Waals surface area contributed by atoms with Gasteiger partial charge in [-0.15, -0.1) is 0 Å². The van der Waals surface area contributed by atoms with Crippen LogP contribution in [0.1, 0.15) is 36.2 Å². The molecule has 2 aromatic carbocycles. The van der Waals surface area contributed by atoms with Gasteiger partial charge in [0.1, 0.15) is 11.6 Å². The summed E-state index contributed by atoms with van der Waals surface area (Å²) >= 11 is 0. The van der Waals surface area contributed by atoms with Gasteiger partial charge in [-0.05, 0) is 65.9 Å². The Hall–Kier alpha value is -3.74. The highest BCUT2D eigenvalue weighted by Gasteiger charge is 2.29. The average molecular weight is 477 g/mol. The summed E-state index contributed by atoms with van der Waals surface area (Å²) in [5.41, 5.74) is 4.28. The number of pyridine rings is 1. The summed E-state index contributed by atoms with van der Waals surface area (Å²) in [6.45, 7) is 4.92. The number of carboxylic acids is 1. The summed E-state index contributed by atoms with van der Waals surface area (Å²) < 4.78 is 20.6. The maximum atomic E-state index is 14.8. The van der Waals surface area contributed by atoms with E-state index < -0.39 is 5.97 Å². The number of halogens is 1. The molecule has 7 heteroatoms. The van der Waals surface area contributed by atoms with Crippen LogP contribution < -0.4 is 4.74 Å². The summed E-state index contributed by atoms with van der Waals surface area (Å²) in [5.74, 6) is -0.887. The molecule has 1 aliphatic heterocycles. The van der Waals surface area contributed by atoms with Crippen LogP contribution in [0, 0.1) is 11.7 Å². The van der Waals surface area contributed by atoms with Crippen LogP contribution >= 0.6 is 0 Å². The van der Waals surface area contributed by atoms with Gasteiger partial charge in [0, 0.05) is 42.9 Å². The van der Waals surface area contributed by atoms with E-state index in [-0.39, 0.29) is 30.6 Å². The Labute approximate surface area is 204 Å². The molecule has 0 saturated heterocycles. The number of ether oxygens (including phenoxy) is 1. The Bertz CT molecular complexity index is 1230. The van der Waals surface area contributed by atoms with Gasteiger partial charge in [-0.2, -0.15) is 0 Å². The van der Waals surface area contributed by atoms with Gasteiger partial charge in [-0.25, -0.2) is 4.39 Å². The van der Waals surface area contributed by atoms with E-state index in [1.54, 1.807) is 35.4 Å². The monoisotopic (exact) mass is 476 g/mol. The van der Waals surface area contributed by atoms with Gasteiger partial charge in [0.25, 0.3) is 0 Å². The lowest BCUT2D eigenvalue weighted by atomic mass is 9.89. The summed E-state index contributed by atoms with van der Waals surface area (Å²) in [5, 5.41) is 9.25. The minimum Gasteiger partial charge on any atom is -0.493 e. The van der Waals surface area contributed by atoms with E-state index in [4.69, 9.17) is 4.74 Å². The summed E-state index contributed by atoms with van der Waals surface area (Å²) in [7, 11) is 0. The Balaban J connectivity index is 1.67. The molecule has 182 valence electrons. The highest BCUT2D eigenvalue weighted by atomic mass is 19.1. The number of rotatable bonds is 8. The molecule has 0 radical (unpaired) electrons. The smallest absolute Gasteiger partial charge is 0.307 e. The van der Waals surface area contributed by atoms with Crippen LogP contribution in [-0.4, -0.2) is 40.0 Å². The molecule has 6 nitrogen and oxygen atoms in total. The van der Waals surface area contributed by atoms with Crippen LogP contribution in [0.2, 0.25) is 0 Å². The van der Waals surface area contributed by atoms with Gasteiger partial charge in [0.05, 0.1) is 13.0 Å². The van der Waals surface area contributed by atoms with E-state index in [2.05, 4.69) is 4.98 Å². The lowest BCUT2D eigenvalue weighted by Gasteiger charge is -2.32. The zero-order valence-corrected chi connectivity index (χ0v) is 20.0. The van der Waals surface area contributed by atoms with E-state index in [0.717, 1.165) is 16.8 Å². The van der Waals surface area contributed by atoms with Gasteiger partial charge < -0.3 is 14.7 Å². The van der Waals surface area contributed by atoms with Crippen molar-refractivity contribution in [3.05, 3.63) is 82.9 Å². The number of hydrogen-bond acceptors (Lipinski definition) is 4. The maximum absolute atomic E-state index is 14.8. The molecule has 0 aliphatic carbocycles. The average Bonchev–Trinajstić information content (AvgIpc) is 2.85. The molecule has 2 heterocycles. The Morgan fingerprint density at radius 1 is 1.14 bits per heavy atom. The van der Waals surface area contributed by atoms with E-state index in [1.807, 2.05) is 32.0 Å². The lowest BCUT2D eigenvalue weighted by Crippen LogP contribution is -2.40. The van der Waals surface area contributed by atoms with Gasteiger partial charge >= 0.3 is 5.97 Å². The lowest BCUT2D eigenvalue weighted by molar-refractivity contribution is -0.137. The van der Waals surface area contributed by atoms with Crippen molar-refractivity contribution in [1.82, 2.24) is 9.88 Å². The van der Waals surface area contributed by atoms with E-state index in [9.17, 15) is 19.1 Å². The number of carboxylic acid groups (broad SMARTS) is 1. The number of carbonyl (C=O) groups excluding carboxylic acids is 1. The zero-order valence-electron chi connectivity index (χ0n) is 20.0. The van der Waals surface area contributed by atoms with E-state index in [1.165, 1.54) is 6.07 Å². The van der Waals surface area contributed by atoms with Crippen molar-refractivity contribution in [1.29, 1.82) is 0 Å². The molecule has 4 rings (SSSR count). The molecular weight excluding hydrogens is 447 g/mol. The molecule has 1 atom stereocenters. The standard InChI is InChI=1S/C28H29FN2O4/c1-3-35-26-10-7-19(16-27(32)33)15-23(26)21-8-9-25(29)22-11-13-31(17-24(21)22)28(34)18(2)14-20-6-4-5-12-30-20/h4-10,12,15,18H,3,11,13-14,16-17H2,1-2H3,(H,32,33). The van der Waals surface area contributed by atoms with Crippen LogP contribution in [0.4, 0.5) is 4.39 Å². The topological polar surface area (TPSA) is 79.7 Å². The molecule has 0 saturated carbocycles. The second kappa shape index (κ2) is 10.7. The number of fused-ring (bicyclic) bond motifs is 1. The van der Waals surface area contributed by atoms with Crippen molar-refractivity contribution < 1.29 is 23.8 Å². The molecule has 1 N–H and O–H groups in total. The van der Waals surface area contributed by atoms with Crippen LogP contribution in [0.25, 0.3) is 11.1 Å². The van der Waals surface area contributed by atoms with Crippen molar-refractivity contribution in [2.45, 2.75) is 39.7 Å². The van der Waals surface area contributed by atoms with Gasteiger partial charge in [-0.1, -0.05) is 25.1 Å². The third kappa shape index (κ3) is 5.50. The molecule has 35 heavy (non-hydrogen) atoms. The molecular formula is C28H29FN2O4. The molecule has 0 fully saturated rings. The second-order valence-corrected chi connectivity index (χ2v) is 8.82.